The predicted molar refractivity (Wildman–Crippen MR) is 106 cm³/mol. The lowest BCUT2D eigenvalue weighted by Gasteiger charge is -2.10. The first-order valence-corrected chi connectivity index (χ1v) is 9.64. The number of nitrogens with zero attached hydrogens (tertiary/aromatic N) is 4. The molecule has 0 aliphatic heterocycles. The van der Waals surface area contributed by atoms with Crippen LogP contribution in [0.4, 0.5) is 18.9 Å². The largest absolute Gasteiger partial charge is 0.416 e. The molecule has 0 aliphatic rings. The van der Waals surface area contributed by atoms with Crippen LogP contribution in [0.1, 0.15) is 39.9 Å². The molecule has 29 heavy (non-hydrogen) atoms. The second-order valence-corrected chi connectivity index (χ2v) is 7.39. The van der Waals surface area contributed by atoms with Gasteiger partial charge in [-0.1, -0.05) is 12.1 Å². The Bertz CT molecular complexity index is 1050. The summed E-state index contributed by atoms with van der Waals surface area (Å²) in [6.07, 6.45) is -2.69. The van der Waals surface area contributed by atoms with Crippen LogP contribution >= 0.6 is 15.9 Å². The van der Waals surface area contributed by atoms with Gasteiger partial charge in [-0.15, -0.1) is 0 Å². The van der Waals surface area contributed by atoms with Gasteiger partial charge >= 0.3 is 6.18 Å². The van der Waals surface area contributed by atoms with Crippen LogP contribution in [-0.4, -0.2) is 25.5 Å². The van der Waals surface area contributed by atoms with Crippen molar-refractivity contribution in [1.29, 1.82) is 0 Å². The quantitative estimate of drug-likeness (QED) is 0.583. The van der Waals surface area contributed by atoms with E-state index in [1.165, 1.54) is 6.07 Å². The van der Waals surface area contributed by atoms with E-state index < -0.39 is 17.6 Å². The molecule has 0 radical (unpaired) electrons. The number of aryl methyl sites for hydroxylation is 2. The number of rotatable bonds is 5. The zero-order chi connectivity index (χ0) is 21.3. The molecule has 1 aromatic carbocycles. The molecule has 3 rings (SSSR count). The van der Waals surface area contributed by atoms with Crippen LogP contribution in [0.15, 0.2) is 34.9 Å². The molecular weight excluding hydrogens is 451 g/mol. The number of carbonyl (C=O) groups is 1. The number of nitrogens with one attached hydrogen (secondary N) is 1. The molecule has 10 heteroatoms. The fourth-order valence-electron chi connectivity index (χ4n) is 2.94. The molecule has 0 saturated heterocycles. The molecule has 0 aliphatic carbocycles. The van der Waals surface area contributed by atoms with Crippen molar-refractivity contribution in [2.75, 3.05) is 5.32 Å². The Morgan fingerprint density at radius 1 is 1.24 bits per heavy atom. The van der Waals surface area contributed by atoms with Crippen LogP contribution in [0, 0.1) is 13.8 Å². The number of alkyl halides is 3. The molecule has 0 spiro atoms. The summed E-state index contributed by atoms with van der Waals surface area (Å²) in [5, 5.41) is 11.4. The average molecular weight is 470 g/mol. The number of hydrogen-bond acceptors (Lipinski definition) is 3. The summed E-state index contributed by atoms with van der Waals surface area (Å²) in [6, 6.07) is 5.11. The van der Waals surface area contributed by atoms with Gasteiger partial charge in [-0.25, -0.2) is 0 Å². The normalized spacial score (nSPS) is 11.7. The van der Waals surface area contributed by atoms with E-state index in [0.29, 0.717) is 33.7 Å². The Morgan fingerprint density at radius 2 is 1.97 bits per heavy atom. The minimum absolute atomic E-state index is 0.153. The molecule has 0 atom stereocenters. The summed E-state index contributed by atoms with van der Waals surface area (Å²) in [5.41, 5.74) is 1.72. The molecule has 0 unspecified atom stereocenters. The van der Waals surface area contributed by atoms with Crippen molar-refractivity contribution in [1.82, 2.24) is 19.6 Å². The highest BCUT2D eigenvalue weighted by molar-refractivity contribution is 9.10. The summed E-state index contributed by atoms with van der Waals surface area (Å²) in [6.45, 7) is 6.17. The van der Waals surface area contributed by atoms with Crippen molar-refractivity contribution in [3.8, 4) is 0 Å². The third kappa shape index (κ3) is 4.52. The van der Waals surface area contributed by atoms with Crippen LogP contribution in [-0.2, 0) is 19.3 Å². The lowest BCUT2D eigenvalue weighted by Crippen LogP contribution is -2.15. The first kappa shape index (κ1) is 21.1. The third-order valence-corrected chi connectivity index (χ3v) is 5.04. The van der Waals surface area contributed by atoms with E-state index in [1.807, 2.05) is 6.92 Å². The first-order valence-electron chi connectivity index (χ1n) is 8.84. The summed E-state index contributed by atoms with van der Waals surface area (Å²) in [4.78, 5) is 12.6. The van der Waals surface area contributed by atoms with Gasteiger partial charge in [0.15, 0.2) is 5.69 Å². The van der Waals surface area contributed by atoms with Gasteiger partial charge in [0.1, 0.15) is 0 Å². The van der Waals surface area contributed by atoms with Gasteiger partial charge in [0.2, 0.25) is 0 Å². The van der Waals surface area contributed by atoms with Crippen LogP contribution in [0.2, 0.25) is 0 Å². The van der Waals surface area contributed by atoms with Gasteiger partial charge in [-0.2, -0.15) is 23.4 Å². The van der Waals surface area contributed by atoms with Gasteiger partial charge < -0.3 is 5.32 Å². The molecular formula is C19H19BrF3N5O. The second-order valence-electron chi connectivity index (χ2n) is 6.54. The third-order valence-electron chi connectivity index (χ3n) is 4.46. The van der Waals surface area contributed by atoms with Crippen molar-refractivity contribution in [2.45, 2.75) is 40.0 Å². The van der Waals surface area contributed by atoms with Gasteiger partial charge in [0.05, 0.1) is 33.7 Å². The fraction of sp³-hybridized carbons (Fsp3) is 0.316. The average Bonchev–Trinajstić information content (AvgIpc) is 3.16. The van der Waals surface area contributed by atoms with E-state index in [2.05, 4.69) is 31.4 Å². The van der Waals surface area contributed by atoms with Gasteiger partial charge in [0.25, 0.3) is 5.91 Å². The lowest BCUT2D eigenvalue weighted by molar-refractivity contribution is -0.137. The Morgan fingerprint density at radius 3 is 2.59 bits per heavy atom. The molecule has 2 heterocycles. The SMILES string of the molecule is CCn1cc(Br)c(C(=O)Nc2c(C)nn(Cc3cccc(C(F)(F)F)c3)c2C)n1. The molecule has 0 fully saturated rings. The number of hydrogen-bond donors (Lipinski definition) is 1. The van der Waals surface area contributed by atoms with E-state index in [-0.39, 0.29) is 12.2 Å². The molecule has 0 saturated carbocycles. The highest BCUT2D eigenvalue weighted by Crippen LogP contribution is 2.30. The Hall–Kier alpha value is -2.62. The van der Waals surface area contributed by atoms with Crippen LogP contribution in [0.5, 0.6) is 0 Å². The Kier molecular flexibility index (Phi) is 5.83. The zero-order valence-electron chi connectivity index (χ0n) is 16.0. The number of halogens is 4. The zero-order valence-corrected chi connectivity index (χ0v) is 17.6. The first-order chi connectivity index (χ1) is 13.6. The van der Waals surface area contributed by atoms with Gasteiger partial charge in [0, 0.05) is 12.7 Å². The lowest BCUT2D eigenvalue weighted by atomic mass is 10.1. The van der Waals surface area contributed by atoms with E-state index in [1.54, 1.807) is 35.5 Å². The molecule has 3 aromatic rings. The summed E-state index contributed by atoms with van der Waals surface area (Å²) in [7, 11) is 0. The second kappa shape index (κ2) is 8.02. The van der Waals surface area contributed by atoms with Crippen molar-refractivity contribution >= 4 is 27.5 Å². The fourth-order valence-corrected chi connectivity index (χ4v) is 3.43. The molecule has 1 amide bonds. The Balaban J connectivity index is 1.83. The van der Waals surface area contributed by atoms with E-state index >= 15 is 0 Å². The van der Waals surface area contributed by atoms with Crippen LogP contribution in [0.3, 0.4) is 0 Å². The molecule has 154 valence electrons. The topological polar surface area (TPSA) is 64.7 Å². The smallest absolute Gasteiger partial charge is 0.317 e. The standard InChI is InChI=1S/C19H19BrF3N5O/c1-4-27-10-15(20)17(26-27)18(29)24-16-11(2)25-28(12(16)3)9-13-6-5-7-14(8-13)19(21,22)23/h5-8,10H,4,9H2,1-3H3,(H,24,29). The van der Waals surface area contributed by atoms with Crippen LogP contribution < -0.4 is 5.32 Å². The number of carbonyl (C=O) groups excluding carboxylic acids is 1. The maximum Gasteiger partial charge on any atom is 0.416 e. The summed E-state index contributed by atoms with van der Waals surface area (Å²) >= 11 is 3.32. The monoisotopic (exact) mass is 469 g/mol. The Labute approximate surface area is 173 Å². The van der Waals surface area contributed by atoms with Gasteiger partial charge in [-0.05, 0) is 54.4 Å². The summed E-state index contributed by atoms with van der Waals surface area (Å²) < 4.78 is 42.6. The number of benzene rings is 1. The van der Waals surface area contributed by atoms with Crippen molar-refractivity contribution < 1.29 is 18.0 Å². The molecule has 0 bridgehead atoms. The van der Waals surface area contributed by atoms with Gasteiger partial charge in [-0.3, -0.25) is 14.2 Å². The van der Waals surface area contributed by atoms with E-state index in [9.17, 15) is 18.0 Å². The predicted octanol–water partition coefficient (Wildman–Crippen LogP) is 4.80. The molecule has 2 aromatic heterocycles. The minimum Gasteiger partial charge on any atom is -0.317 e. The van der Waals surface area contributed by atoms with E-state index in [4.69, 9.17) is 0 Å². The van der Waals surface area contributed by atoms with Crippen molar-refractivity contribution in [3.05, 3.63) is 63.1 Å². The number of amides is 1. The molecule has 1 N–H and O–H groups in total. The highest BCUT2D eigenvalue weighted by atomic mass is 79.9. The minimum atomic E-state index is -4.40. The highest BCUT2D eigenvalue weighted by Gasteiger charge is 2.30. The molecule has 6 nitrogen and oxygen atoms in total. The maximum atomic E-state index is 12.9. The summed E-state index contributed by atoms with van der Waals surface area (Å²) in [5.74, 6) is -0.395. The maximum absolute atomic E-state index is 12.9. The van der Waals surface area contributed by atoms with Crippen molar-refractivity contribution in [2.24, 2.45) is 0 Å². The van der Waals surface area contributed by atoms with Crippen molar-refractivity contribution in [3.63, 3.8) is 0 Å². The van der Waals surface area contributed by atoms with Crippen LogP contribution in [0.25, 0.3) is 0 Å². The number of aromatic nitrogens is 4. The number of anilines is 1. The van der Waals surface area contributed by atoms with E-state index in [0.717, 1.165) is 12.1 Å².